The summed E-state index contributed by atoms with van der Waals surface area (Å²) in [5.74, 6) is -0.0972. The molecule has 0 aliphatic carbocycles. The quantitative estimate of drug-likeness (QED) is 0.682. The van der Waals surface area contributed by atoms with Crippen LogP contribution < -0.4 is 5.32 Å². The maximum Gasteiger partial charge on any atom is 0.415 e. The Morgan fingerprint density at radius 2 is 1.96 bits per heavy atom. The minimum absolute atomic E-state index is 0.184. The average Bonchev–Trinajstić information content (AvgIpc) is 2.81. The SMILES string of the molecule is CCOC(=O)C=C1NC(C)(C)CN1C(=O)OCc1ccccc1. The maximum atomic E-state index is 12.3. The predicted molar refractivity (Wildman–Crippen MR) is 85.3 cm³/mol. The lowest BCUT2D eigenvalue weighted by Gasteiger charge is -2.17. The van der Waals surface area contributed by atoms with Gasteiger partial charge in [-0.05, 0) is 26.3 Å². The van der Waals surface area contributed by atoms with Crippen LogP contribution in [0.4, 0.5) is 4.79 Å². The Kier molecular flexibility index (Phi) is 5.26. The van der Waals surface area contributed by atoms with Crippen LogP contribution in [0.1, 0.15) is 26.3 Å². The molecule has 1 aromatic rings. The van der Waals surface area contributed by atoms with Crippen molar-refractivity contribution in [3.05, 3.63) is 47.8 Å². The van der Waals surface area contributed by atoms with E-state index in [9.17, 15) is 9.59 Å². The molecule has 1 N–H and O–H groups in total. The third-order valence-electron chi connectivity index (χ3n) is 3.28. The number of carbonyl (C=O) groups is 2. The second kappa shape index (κ2) is 7.17. The Labute approximate surface area is 136 Å². The summed E-state index contributed by atoms with van der Waals surface area (Å²) in [4.78, 5) is 25.4. The molecule has 0 aromatic heterocycles. The average molecular weight is 318 g/mol. The van der Waals surface area contributed by atoms with Gasteiger partial charge in [-0.15, -0.1) is 0 Å². The van der Waals surface area contributed by atoms with Crippen molar-refractivity contribution in [3.63, 3.8) is 0 Å². The normalized spacial score (nSPS) is 17.7. The molecule has 0 saturated carbocycles. The van der Waals surface area contributed by atoms with E-state index in [-0.39, 0.29) is 18.8 Å². The van der Waals surface area contributed by atoms with E-state index in [0.29, 0.717) is 12.4 Å². The smallest absolute Gasteiger partial charge is 0.415 e. The van der Waals surface area contributed by atoms with E-state index in [4.69, 9.17) is 9.47 Å². The largest absolute Gasteiger partial charge is 0.463 e. The Balaban J connectivity index is 2.05. The second-order valence-electron chi connectivity index (χ2n) is 5.92. The number of carbonyl (C=O) groups excluding carboxylic acids is 2. The molecule has 1 aliphatic heterocycles. The predicted octanol–water partition coefficient (Wildman–Crippen LogP) is 2.41. The van der Waals surface area contributed by atoms with E-state index in [0.717, 1.165) is 5.56 Å². The first-order chi connectivity index (χ1) is 10.9. The van der Waals surface area contributed by atoms with Crippen molar-refractivity contribution in [2.45, 2.75) is 32.9 Å². The van der Waals surface area contributed by atoms with Crippen LogP contribution in [0.3, 0.4) is 0 Å². The van der Waals surface area contributed by atoms with Crippen LogP contribution in [0, 0.1) is 0 Å². The van der Waals surface area contributed by atoms with E-state index in [1.54, 1.807) is 6.92 Å². The van der Waals surface area contributed by atoms with E-state index in [1.165, 1.54) is 11.0 Å². The lowest BCUT2D eigenvalue weighted by Crippen LogP contribution is -2.35. The topological polar surface area (TPSA) is 67.9 Å². The number of benzene rings is 1. The molecule has 124 valence electrons. The second-order valence-corrected chi connectivity index (χ2v) is 5.92. The molecule has 1 fully saturated rings. The fraction of sp³-hybridized carbons (Fsp3) is 0.412. The van der Waals surface area contributed by atoms with E-state index in [2.05, 4.69) is 5.32 Å². The molecule has 1 heterocycles. The Hall–Kier alpha value is -2.50. The fourth-order valence-electron chi connectivity index (χ4n) is 2.30. The van der Waals surface area contributed by atoms with Crippen LogP contribution in [0.15, 0.2) is 42.2 Å². The van der Waals surface area contributed by atoms with Gasteiger partial charge in [-0.1, -0.05) is 30.3 Å². The molecule has 0 unspecified atom stereocenters. The number of amides is 1. The summed E-state index contributed by atoms with van der Waals surface area (Å²) < 4.78 is 10.2. The molecular formula is C17H22N2O4. The van der Waals surface area contributed by atoms with Gasteiger partial charge >= 0.3 is 12.1 Å². The first kappa shape index (κ1) is 16.9. The van der Waals surface area contributed by atoms with E-state index < -0.39 is 12.1 Å². The summed E-state index contributed by atoms with van der Waals surface area (Å²) in [6.07, 6.45) is 0.782. The summed E-state index contributed by atoms with van der Waals surface area (Å²) in [6, 6.07) is 9.44. The van der Waals surface area contributed by atoms with Gasteiger partial charge in [0.2, 0.25) is 0 Å². The van der Waals surface area contributed by atoms with Crippen LogP contribution in [0.25, 0.3) is 0 Å². The third kappa shape index (κ3) is 4.74. The van der Waals surface area contributed by atoms with Crippen LogP contribution in [-0.4, -0.2) is 35.7 Å². The zero-order chi connectivity index (χ0) is 16.9. The molecule has 6 nitrogen and oxygen atoms in total. The Morgan fingerprint density at radius 1 is 1.26 bits per heavy atom. The first-order valence-corrected chi connectivity index (χ1v) is 7.56. The molecule has 1 aromatic carbocycles. The standard InChI is InChI=1S/C17H22N2O4/c1-4-22-15(20)10-14-18-17(2,3)12-19(14)16(21)23-11-13-8-6-5-7-9-13/h5-10,18H,4,11-12H2,1-3H3. The molecule has 1 amide bonds. The van der Waals surface area contributed by atoms with Gasteiger partial charge in [0.05, 0.1) is 24.8 Å². The number of ether oxygens (including phenoxy) is 2. The first-order valence-electron chi connectivity index (χ1n) is 7.56. The minimum atomic E-state index is -0.498. The molecule has 0 radical (unpaired) electrons. The number of nitrogens with zero attached hydrogens (tertiary/aromatic N) is 1. The lowest BCUT2D eigenvalue weighted by atomic mass is 10.1. The molecule has 1 aliphatic rings. The number of rotatable bonds is 4. The van der Waals surface area contributed by atoms with Crippen LogP contribution >= 0.6 is 0 Å². The van der Waals surface area contributed by atoms with Crippen molar-refractivity contribution in [2.75, 3.05) is 13.2 Å². The van der Waals surface area contributed by atoms with Gasteiger partial charge in [-0.25, -0.2) is 9.59 Å². The van der Waals surface area contributed by atoms with Gasteiger partial charge in [-0.2, -0.15) is 0 Å². The zero-order valence-corrected chi connectivity index (χ0v) is 13.7. The molecule has 2 rings (SSSR count). The number of nitrogens with one attached hydrogen (secondary N) is 1. The van der Waals surface area contributed by atoms with Gasteiger partial charge in [0.25, 0.3) is 0 Å². The Morgan fingerprint density at radius 3 is 2.61 bits per heavy atom. The summed E-state index contributed by atoms with van der Waals surface area (Å²) in [5.41, 5.74) is 0.563. The van der Waals surface area contributed by atoms with Crippen molar-refractivity contribution >= 4 is 12.1 Å². The number of hydrogen-bond donors (Lipinski definition) is 1. The summed E-state index contributed by atoms with van der Waals surface area (Å²) in [7, 11) is 0. The van der Waals surface area contributed by atoms with Crippen molar-refractivity contribution in [1.29, 1.82) is 0 Å². The van der Waals surface area contributed by atoms with Crippen molar-refractivity contribution in [2.24, 2.45) is 0 Å². The molecule has 0 bridgehead atoms. The summed E-state index contributed by atoms with van der Waals surface area (Å²) in [5, 5.41) is 3.13. The van der Waals surface area contributed by atoms with Gasteiger partial charge in [0, 0.05) is 0 Å². The Bertz CT molecular complexity index is 596. The van der Waals surface area contributed by atoms with Gasteiger partial charge in [0.1, 0.15) is 12.4 Å². The molecule has 1 saturated heterocycles. The molecule has 23 heavy (non-hydrogen) atoms. The molecule has 6 heteroatoms. The monoisotopic (exact) mass is 318 g/mol. The van der Waals surface area contributed by atoms with Crippen LogP contribution in [-0.2, 0) is 20.9 Å². The van der Waals surface area contributed by atoms with Crippen molar-refractivity contribution in [3.8, 4) is 0 Å². The molecular weight excluding hydrogens is 296 g/mol. The maximum absolute atomic E-state index is 12.3. The van der Waals surface area contributed by atoms with E-state index >= 15 is 0 Å². The highest BCUT2D eigenvalue weighted by atomic mass is 16.6. The van der Waals surface area contributed by atoms with Gasteiger partial charge in [-0.3, -0.25) is 4.90 Å². The van der Waals surface area contributed by atoms with Crippen LogP contribution in [0.5, 0.6) is 0 Å². The fourth-order valence-corrected chi connectivity index (χ4v) is 2.30. The highest BCUT2D eigenvalue weighted by Gasteiger charge is 2.37. The molecule has 0 spiro atoms. The minimum Gasteiger partial charge on any atom is -0.463 e. The number of esters is 1. The highest BCUT2D eigenvalue weighted by molar-refractivity contribution is 5.84. The van der Waals surface area contributed by atoms with Crippen LogP contribution in [0.2, 0.25) is 0 Å². The number of hydrogen-bond acceptors (Lipinski definition) is 5. The van der Waals surface area contributed by atoms with Crippen molar-refractivity contribution < 1.29 is 19.1 Å². The highest BCUT2D eigenvalue weighted by Crippen LogP contribution is 2.22. The van der Waals surface area contributed by atoms with Crippen molar-refractivity contribution in [1.82, 2.24) is 10.2 Å². The third-order valence-corrected chi connectivity index (χ3v) is 3.28. The summed E-state index contributed by atoms with van der Waals surface area (Å²) >= 11 is 0. The summed E-state index contributed by atoms with van der Waals surface area (Å²) in [6.45, 7) is 6.49. The van der Waals surface area contributed by atoms with E-state index in [1.807, 2.05) is 44.2 Å². The molecule has 0 atom stereocenters. The lowest BCUT2D eigenvalue weighted by molar-refractivity contribution is -0.137. The zero-order valence-electron chi connectivity index (χ0n) is 13.7. The van der Waals surface area contributed by atoms with Gasteiger partial charge < -0.3 is 14.8 Å². The van der Waals surface area contributed by atoms with Gasteiger partial charge in [0.15, 0.2) is 0 Å².